The lowest BCUT2D eigenvalue weighted by molar-refractivity contribution is -0.156. The Labute approximate surface area is 201 Å². The highest BCUT2D eigenvalue weighted by Crippen LogP contribution is 2.20. The number of aliphatic hydroxyl groups is 2. The zero-order valence-electron chi connectivity index (χ0n) is 19.6. The van der Waals surface area contributed by atoms with Crippen LogP contribution in [0.3, 0.4) is 0 Å². The van der Waals surface area contributed by atoms with Crippen molar-refractivity contribution < 1.29 is 38.2 Å². The molecule has 35 heavy (non-hydrogen) atoms. The third-order valence-corrected chi connectivity index (χ3v) is 4.45. The highest BCUT2D eigenvalue weighted by molar-refractivity contribution is 5.98. The summed E-state index contributed by atoms with van der Waals surface area (Å²) in [5.74, 6) is -4.23. The van der Waals surface area contributed by atoms with Crippen LogP contribution in [0.2, 0.25) is 0 Å². The number of nitrogens with one attached hydrogen (secondary N) is 2. The molecule has 0 bridgehead atoms. The molecule has 3 amide bonds. The van der Waals surface area contributed by atoms with Crippen molar-refractivity contribution in [1.29, 1.82) is 0 Å². The summed E-state index contributed by atoms with van der Waals surface area (Å²) in [7, 11) is 1.37. The third-order valence-electron chi connectivity index (χ3n) is 4.45. The third kappa shape index (κ3) is 8.79. The van der Waals surface area contributed by atoms with E-state index in [9.17, 15) is 33.1 Å². The first-order valence-corrected chi connectivity index (χ1v) is 10.5. The summed E-state index contributed by atoms with van der Waals surface area (Å²) in [5.41, 5.74) is -0.321. The maximum atomic E-state index is 13.7. The van der Waals surface area contributed by atoms with E-state index in [1.807, 2.05) is 0 Å². The van der Waals surface area contributed by atoms with Crippen LogP contribution in [0.15, 0.2) is 41.9 Å². The first-order valence-electron chi connectivity index (χ1n) is 10.5. The molecule has 1 fully saturated rings. The van der Waals surface area contributed by atoms with Crippen molar-refractivity contribution in [2.45, 2.75) is 20.4 Å². The van der Waals surface area contributed by atoms with Gasteiger partial charge in [-0.2, -0.15) is 5.01 Å². The molecule has 1 aromatic carbocycles. The van der Waals surface area contributed by atoms with Gasteiger partial charge >= 0.3 is 0 Å². The summed E-state index contributed by atoms with van der Waals surface area (Å²) >= 11 is 0. The maximum Gasteiger partial charge on any atom is 0.288 e. The Bertz CT molecular complexity index is 985. The van der Waals surface area contributed by atoms with E-state index in [4.69, 9.17) is 5.11 Å². The van der Waals surface area contributed by atoms with Crippen molar-refractivity contribution in [3.8, 4) is 0 Å². The lowest BCUT2D eigenvalue weighted by atomic mass is 10.2. The van der Waals surface area contributed by atoms with Crippen molar-refractivity contribution >= 4 is 24.0 Å². The van der Waals surface area contributed by atoms with Crippen molar-refractivity contribution in [2.24, 2.45) is 0 Å². The number of amides is 3. The van der Waals surface area contributed by atoms with Crippen LogP contribution in [-0.2, 0) is 25.7 Å². The van der Waals surface area contributed by atoms with Gasteiger partial charge < -0.3 is 25.7 Å². The number of hydrogen-bond donors (Lipinski definition) is 4. The topological polar surface area (TPSA) is 143 Å². The Kier molecular flexibility index (Phi) is 12.0. The Morgan fingerprint density at radius 1 is 1.20 bits per heavy atom. The Morgan fingerprint density at radius 2 is 1.86 bits per heavy atom. The van der Waals surface area contributed by atoms with Gasteiger partial charge in [0.2, 0.25) is 11.8 Å². The van der Waals surface area contributed by atoms with Crippen LogP contribution in [-0.4, -0.2) is 82.6 Å². The molecular formula is C22H29F2N5O6. The van der Waals surface area contributed by atoms with Gasteiger partial charge in [0.25, 0.3) is 5.91 Å². The van der Waals surface area contributed by atoms with E-state index in [2.05, 4.69) is 10.6 Å². The van der Waals surface area contributed by atoms with Crippen LogP contribution in [0.25, 0.3) is 0 Å². The van der Waals surface area contributed by atoms with Crippen LogP contribution in [0.4, 0.5) is 8.78 Å². The van der Waals surface area contributed by atoms with Crippen molar-refractivity contribution in [1.82, 2.24) is 25.6 Å². The number of aldehydes is 1. The molecule has 0 unspecified atom stereocenters. The minimum Gasteiger partial charge on any atom is -0.503 e. The highest BCUT2D eigenvalue weighted by atomic mass is 19.1. The van der Waals surface area contributed by atoms with Crippen molar-refractivity contribution in [3.63, 3.8) is 0 Å². The van der Waals surface area contributed by atoms with Gasteiger partial charge in [0.1, 0.15) is 11.6 Å². The Hall–Kier alpha value is -3.84. The summed E-state index contributed by atoms with van der Waals surface area (Å²) in [4.78, 5) is 48.9. The highest BCUT2D eigenvalue weighted by Gasteiger charge is 2.35. The summed E-state index contributed by atoms with van der Waals surface area (Å²) < 4.78 is 26.6. The number of carbonyl (C=O) groups excluding carboxylic acids is 4. The Balaban J connectivity index is 0.00000194. The molecular weight excluding hydrogens is 468 g/mol. The second-order valence-corrected chi connectivity index (χ2v) is 7.00. The van der Waals surface area contributed by atoms with Gasteiger partial charge in [0, 0.05) is 50.6 Å². The average molecular weight is 497 g/mol. The van der Waals surface area contributed by atoms with Gasteiger partial charge in [-0.15, -0.1) is 0 Å². The molecule has 1 saturated heterocycles. The van der Waals surface area contributed by atoms with Gasteiger partial charge in [-0.3, -0.25) is 24.2 Å². The number of halogens is 2. The lowest BCUT2D eigenvalue weighted by Crippen LogP contribution is -2.58. The molecule has 1 aromatic rings. The molecule has 1 heterocycles. The van der Waals surface area contributed by atoms with Gasteiger partial charge in [0.15, 0.2) is 17.7 Å². The van der Waals surface area contributed by atoms with E-state index < -0.39 is 29.2 Å². The normalized spacial score (nSPS) is 15.4. The SMILES string of the molecule is CCNC(=O)CN1CN(/C=C/C(=O)NCc2ccc(F)cc2F)/C(=C(/O)C=O)C(=O)N1C.CCO. The fraction of sp³-hybridized carbons (Fsp3) is 0.364. The minimum atomic E-state index is -0.849. The molecule has 1 aliphatic rings. The average Bonchev–Trinajstić information content (AvgIpc) is 2.80. The monoisotopic (exact) mass is 497 g/mol. The Morgan fingerprint density at radius 3 is 2.43 bits per heavy atom. The largest absolute Gasteiger partial charge is 0.503 e. The zero-order valence-corrected chi connectivity index (χ0v) is 19.6. The first-order chi connectivity index (χ1) is 16.6. The van der Waals surface area contributed by atoms with E-state index in [-0.39, 0.29) is 49.8 Å². The molecule has 0 radical (unpaired) electrons. The number of nitrogens with zero attached hydrogens (tertiary/aromatic N) is 3. The van der Waals surface area contributed by atoms with Crippen LogP contribution >= 0.6 is 0 Å². The first kappa shape index (κ1) is 29.2. The number of likely N-dealkylation sites (N-methyl/N-ethyl adjacent to an activating group) is 2. The number of hydrazine groups is 1. The van der Waals surface area contributed by atoms with Crippen LogP contribution in [0.5, 0.6) is 0 Å². The second kappa shape index (κ2) is 14.4. The van der Waals surface area contributed by atoms with E-state index in [0.717, 1.165) is 28.3 Å². The maximum absolute atomic E-state index is 13.7. The van der Waals surface area contributed by atoms with Gasteiger partial charge in [0.05, 0.1) is 13.2 Å². The summed E-state index contributed by atoms with van der Waals surface area (Å²) in [5, 5.41) is 24.9. The zero-order chi connectivity index (χ0) is 26.5. The van der Waals surface area contributed by atoms with Crippen molar-refractivity contribution in [2.75, 3.05) is 33.4 Å². The fourth-order valence-electron chi connectivity index (χ4n) is 2.82. The van der Waals surface area contributed by atoms with E-state index in [0.29, 0.717) is 12.6 Å². The molecule has 4 N–H and O–H groups in total. The van der Waals surface area contributed by atoms with E-state index >= 15 is 0 Å². The standard InChI is InChI=1S/C20H23F2N5O5.C2H6O/c1-3-23-18(31)10-27-12-26(19(16(29)11-28)20(32)25(27)2)7-6-17(30)24-9-13-4-5-14(21)8-15(13)22;1-2-3/h4-8,11,29H,3,9-10,12H2,1-2H3,(H,23,31)(H,24,30);3H,2H2,1H3/b7-6+,19-16+;. The fourth-order valence-corrected chi connectivity index (χ4v) is 2.82. The number of carbonyl (C=O) groups is 4. The number of allylic oxidation sites excluding steroid dienone is 1. The minimum absolute atomic E-state index is 0.0650. The van der Waals surface area contributed by atoms with E-state index in [1.165, 1.54) is 18.1 Å². The molecule has 192 valence electrons. The lowest BCUT2D eigenvalue weighted by Gasteiger charge is -2.41. The van der Waals surface area contributed by atoms with Gasteiger partial charge in [-0.1, -0.05) is 6.07 Å². The number of hydrogen-bond acceptors (Lipinski definition) is 8. The molecule has 0 atom stereocenters. The summed E-state index contributed by atoms with van der Waals surface area (Å²) in [6.07, 6.45) is 2.22. The van der Waals surface area contributed by atoms with Crippen LogP contribution in [0.1, 0.15) is 19.4 Å². The van der Waals surface area contributed by atoms with Crippen LogP contribution < -0.4 is 10.6 Å². The number of rotatable bonds is 8. The van der Waals surface area contributed by atoms with Crippen LogP contribution in [0, 0.1) is 11.6 Å². The molecule has 0 saturated carbocycles. The summed E-state index contributed by atoms with van der Waals surface area (Å²) in [6, 6.07) is 2.94. The molecule has 0 spiro atoms. The quantitative estimate of drug-likeness (QED) is 0.226. The molecule has 0 aromatic heterocycles. The van der Waals surface area contributed by atoms with Crippen molar-refractivity contribution in [3.05, 3.63) is 59.1 Å². The van der Waals surface area contributed by atoms with E-state index in [1.54, 1.807) is 13.8 Å². The molecule has 13 heteroatoms. The van der Waals surface area contributed by atoms with Gasteiger partial charge in [-0.25, -0.2) is 8.78 Å². The molecule has 11 nitrogen and oxygen atoms in total. The molecule has 0 aliphatic carbocycles. The second-order valence-electron chi connectivity index (χ2n) is 7.00. The predicted molar refractivity (Wildman–Crippen MR) is 121 cm³/mol. The predicted octanol–water partition coefficient (Wildman–Crippen LogP) is 0.146. The molecule has 2 rings (SSSR count). The smallest absolute Gasteiger partial charge is 0.288 e. The van der Waals surface area contributed by atoms with Gasteiger partial charge in [-0.05, 0) is 19.9 Å². The number of benzene rings is 1. The number of aliphatic hydroxyl groups excluding tert-OH is 2. The summed E-state index contributed by atoms with van der Waals surface area (Å²) in [6.45, 7) is 3.51. The molecule has 1 aliphatic heterocycles.